The van der Waals surface area contributed by atoms with Crippen LogP contribution < -0.4 is 0 Å². The maximum absolute atomic E-state index is 13.3. The molecule has 2 aromatic rings. The minimum Gasteiger partial charge on any atom is -0.339 e. The van der Waals surface area contributed by atoms with Crippen LogP contribution in [0.15, 0.2) is 22.7 Å². The van der Waals surface area contributed by atoms with Crippen LogP contribution in [0.2, 0.25) is 0 Å². The monoisotopic (exact) mass is 347 g/mol. The summed E-state index contributed by atoms with van der Waals surface area (Å²) in [6.07, 6.45) is 6.57. The summed E-state index contributed by atoms with van der Waals surface area (Å²) >= 11 is 0. The molecule has 2 heterocycles. The zero-order valence-corrected chi connectivity index (χ0v) is 14.3. The summed E-state index contributed by atoms with van der Waals surface area (Å²) in [7, 11) is 0. The maximum atomic E-state index is 13.3. The zero-order chi connectivity index (χ0) is 17.2. The number of hydrogen-bond acceptors (Lipinski definition) is 4. The molecule has 0 amide bonds. The van der Waals surface area contributed by atoms with Crippen molar-refractivity contribution in [3.8, 4) is 0 Å². The highest BCUT2D eigenvalue weighted by Gasteiger charge is 2.29. The zero-order valence-electron chi connectivity index (χ0n) is 14.3. The van der Waals surface area contributed by atoms with E-state index in [1.165, 1.54) is 25.0 Å². The van der Waals surface area contributed by atoms with Crippen molar-refractivity contribution < 1.29 is 13.3 Å². The summed E-state index contributed by atoms with van der Waals surface area (Å²) in [5, 5.41) is 4.09. The van der Waals surface area contributed by atoms with Gasteiger partial charge in [-0.2, -0.15) is 4.98 Å². The summed E-state index contributed by atoms with van der Waals surface area (Å²) in [5.74, 6) is 1.29. The molecule has 0 bridgehead atoms. The SMILES string of the molecule is Fc1ccc(CN2CCC(CCc3noc(C4CC4)n3)CC2)cc1F. The van der Waals surface area contributed by atoms with E-state index in [0.29, 0.717) is 18.4 Å². The molecule has 6 heteroatoms. The lowest BCUT2D eigenvalue weighted by molar-refractivity contribution is 0.171. The first-order chi connectivity index (χ1) is 12.2. The highest BCUT2D eigenvalue weighted by molar-refractivity contribution is 5.17. The molecular weight excluding hydrogens is 324 g/mol. The first kappa shape index (κ1) is 16.6. The fourth-order valence-electron chi connectivity index (χ4n) is 3.53. The lowest BCUT2D eigenvalue weighted by Gasteiger charge is -2.31. The fraction of sp³-hybridized carbons (Fsp3) is 0.579. The number of benzene rings is 1. The van der Waals surface area contributed by atoms with Crippen LogP contribution in [-0.4, -0.2) is 28.1 Å². The third kappa shape index (κ3) is 4.24. The molecule has 25 heavy (non-hydrogen) atoms. The predicted octanol–water partition coefficient (Wildman–Crippen LogP) is 4.07. The Morgan fingerprint density at radius 2 is 1.88 bits per heavy atom. The van der Waals surface area contributed by atoms with E-state index in [0.717, 1.165) is 56.1 Å². The van der Waals surface area contributed by atoms with Crippen molar-refractivity contribution in [2.45, 2.75) is 51.0 Å². The fourth-order valence-corrected chi connectivity index (χ4v) is 3.53. The molecule has 0 spiro atoms. The number of aromatic nitrogens is 2. The predicted molar refractivity (Wildman–Crippen MR) is 89.0 cm³/mol. The molecule has 0 atom stereocenters. The molecule has 0 radical (unpaired) electrons. The molecule has 1 aromatic heterocycles. The maximum Gasteiger partial charge on any atom is 0.229 e. The van der Waals surface area contributed by atoms with Crippen LogP contribution in [0.5, 0.6) is 0 Å². The van der Waals surface area contributed by atoms with Crippen molar-refractivity contribution >= 4 is 0 Å². The Morgan fingerprint density at radius 1 is 1.08 bits per heavy atom. The number of rotatable bonds is 6. The summed E-state index contributed by atoms with van der Waals surface area (Å²) < 4.78 is 31.6. The molecule has 134 valence electrons. The van der Waals surface area contributed by atoms with E-state index in [2.05, 4.69) is 15.0 Å². The number of piperidine rings is 1. The Labute approximate surface area is 146 Å². The van der Waals surface area contributed by atoms with E-state index in [-0.39, 0.29) is 0 Å². The minimum atomic E-state index is -0.784. The van der Waals surface area contributed by atoms with E-state index in [1.807, 2.05) is 0 Å². The summed E-state index contributed by atoms with van der Waals surface area (Å²) in [4.78, 5) is 6.80. The molecule has 4 nitrogen and oxygen atoms in total. The van der Waals surface area contributed by atoms with Crippen LogP contribution in [0.1, 0.15) is 55.3 Å². The number of aryl methyl sites for hydroxylation is 1. The van der Waals surface area contributed by atoms with E-state index < -0.39 is 11.6 Å². The number of likely N-dealkylation sites (tertiary alicyclic amines) is 1. The first-order valence-corrected chi connectivity index (χ1v) is 9.16. The summed E-state index contributed by atoms with van der Waals surface area (Å²) in [6.45, 7) is 2.66. The second kappa shape index (κ2) is 7.20. The number of hydrogen-bond donors (Lipinski definition) is 0. The van der Waals surface area contributed by atoms with E-state index in [1.54, 1.807) is 6.07 Å². The normalized spacial score (nSPS) is 19.4. The Bertz CT molecular complexity index is 721. The lowest BCUT2D eigenvalue weighted by Crippen LogP contribution is -2.33. The van der Waals surface area contributed by atoms with Crippen molar-refractivity contribution in [2.75, 3.05) is 13.1 Å². The molecule has 2 fully saturated rings. The number of halogens is 2. The highest BCUT2D eigenvalue weighted by atomic mass is 19.2. The standard InChI is InChI=1S/C19H23F2N3O/c20-16-5-1-14(11-17(16)21)12-24-9-7-13(8-10-24)2-6-18-22-19(25-23-18)15-3-4-15/h1,5,11,13,15H,2-4,6-10,12H2. The van der Waals surface area contributed by atoms with Crippen molar-refractivity contribution in [2.24, 2.45) is 5.92 Å². The molecule has 1 aliphatic carbocycles. The topological polar surface area (TPSA) is 42.2 Å². The van der Waals surface area contributed by atoms with E-state index >= 15 is 0 Å². The molecular formula is C19H23F2N3O. The van der Waals surface area contributed by atoms with E-state index in [4.69, 9.17) is 4.52 Å². The van der Waals surface area contributed by atoms with Gasteiger partial charge in [-0.05, 0) is 68.8 Å². The highest BCUT2D eigenvalue weighted by Crippen LogP contribution is 2.39. The summed E-state index contributed by atoms with van der Waals surface area (Å²) in [6, 6.07) is 4.17. The average Bonchev–Trinajstić information content (AvgIpc) is 3.36. The van der Waals surface area contributed by atoms with Crippen LogP contribution >= 0.6 is 0 Å². The molecule has 2 aliphatic rings. The Kier molecular flexibility index (Phi) is 4.79. The van der Waals surface area contributed by atoms with Crippen molar-refractivity contribution in [3.05, 3.63) is 47.1 Å². The lowest BCUT2D eigenvalue weighted by atomic mass is 9.92. The molecule has 4 rings (SSSR count). The van der Waals surface area contributed by atoms with Crippen LogP contribution in [0.4, 0.5) is 8.78 Å². The second-order valence-electron chi connectivity index (χ2n) is 7.33. The molecule has 1 saturated carbocycles. The second-order valence-corrected chi connectivity index (χ2v) is 7.33. The smallest absolute Gasteiger partial charge is 0.229 e. The van der Waals surface area contributed by atoms with Gasteiger partial charge in [0.2, 0.25) is 5.89 Å². The largest absolute Gasteiger partial charge is 0.339 e. The molecule has 1 aliphatic heterocycles. The Balaban J connectivity index is 1.21. The third-order valence-corrected chi connectivity index (χ3v) is 5.28. The molecule has 1 aromatic carbocycles. The van der Waals surface area contributed by atoms with E-state index in [9.17, 15) is 8.78 Å². The van der Waals surface area contributed by atoms with Gasteiger partial charge in [0.25, 0.3) is 0 Å². The quantitative estimate of drug-likeness (QED) is 0.790. The van der Waals surface area contributed by atoms with Gasteiger partial charge >= 0.3 is 0 Å². The summed E-state index contributed by atoms with van der Waals surface area (Å²) in [5.41, 5.74) is 0.830. The Morgan fingerprint density at radius 3 is 2.60 bits per heavy atom. The van der Waals surface area contributed by atoms with Crippen molar-refractivity contribution in [1.29, 1.82) is 0 Å². The minimum absolute atomic E-state index is 0.515. The van der Waals surface area contributed by atoms with Gasteiger partial charge in [0.05, 0.1) is 0 Å². The van der Waals surface area contributed by atoms with Gasteiger partial charge in [0, 0.05) is 18.9 Å². The van der Waals surface area contributed by atoms with Gasteiger partial charge < -0.3 is 4.52 Å². The van der Waals surface area contributed by atoms with Crippen molar-refractivity contribution in [1.82, 2.24) is 15.0 Å². The van der Waals surface area contributed by atoms with Crippen molar-refractivity contribution in [3.63, 3.8) is 0 Å². The third-order valence-electron chi connectivity index (χ3n) is 5.28. The van der Waals surface area contributed by atoms with Crippen LogP contribution in [-0.2, 0) is 13.0 Å². The van der Waals surface area contributed by atoms with Gasteiger partial charge in [-0.15, -0.1) is 0 Å². The van der Waals surface area contributed by atoms with Gasteiger partial charge in [-0.3, -0.25) is 4.90 Å². The number of nitrogens with zero attached hydrogens (tertiary/aromatic N) is 3. The molecule has 0 unspecified atom stereocenters. The van der Waals surface area contributed by atoms with Gasteiger partial charge in [-0.1, -0.05) is 11.2 Å². The first-order valence-electron chi connectivity index (χ1n) is 9.16. The van der Waals surface area contributed by atoms with Gasteiger partial charge in [0.15, 0.2) is 17.5 Å². The van der Waals surface area contributed by atoms with Crippen LogP contribution in [0.3, 0.4) is 0 Å². The molecule has 1 saturated heterocycles. The van der Waals surface area contributed by atoms with Crippen LogP contribution in [0.25, 0.3) is 0 Å². The van der Waals surface area contributed by atoms with Crippen LogP contribution in [0, 0.1) is 17.6 Å². The Hall–Kier alpha value is -1.82. The average molecular weight is 347 g/mol. The van der Waals surface area contributed by atoms with Gasteiger partial charge in [-0.25, -0.2) is 8.78 Å². The molecule has 0 N–H and O–H groups in total. The van der Waals surface area contributed by atoms with Gasteiger partial charge in [0.1, 0.15) is 0 Å².